The van der Waals surface area contributed by atoms with Gasteiger partial charge in [0.2, 0.25) is 11.8 Å². The smallest absolute Gasteiger partial charge is 0.255 e. The van der Waals surface area contributed by atoms with Crippen molar-refractivity contribution in [3.8, 4) is 5.75 Å². The molecule has 3 heterocycles. The number of nitrogens with one attached hydrogen (secondary N) is 1. The number of ether oxygens (including phenoxy) is 1. The lowest BCUT2D eigenvalue weighted by molar-refractivity contribution is -0.136. The van der Waals surface area contributed by atoms with Crippen LogP contribution in [0.3, 0.4) is 0 Å². The third kappa shape index (κ3) is 4.68. The lowest BCUT2D eigenvalue weighted by Gasteiger charge is -2.29. The minimum atomic E-state index is -0.665. The first kappa shape index (κ1) is 22.5. The average molecular weight is 466 g/mol. The minimum Gasteiger partial charge on any atom is -0.489 e. The number of fused-ring (bicyclic) bond motifs is 1. The van der Waals surface area contributed by atoms with Gasteiger partial charge in [0.1, 0.15) is 24.6 Å². The van der Waals surface area contributed by atoms with E-state index in [1.54, 1.807) is 12.1 Å². The number of carbonyl (C=O) groups is 3. The van der Waals surface area contributed by atoms with E-state index in [1.165, 1.54) is 10.5 Å². The van der Waals surface area contributed by atoms with Gasteiger partial charge in [-0.05, 0) is 42.5 Å². The van der Waals surface area contributed by atoms with Crippen molar-refractivity contribution < 1.29 is 23.5 Å². The number of benzene rings is 2. The summed E-state index contributed by atoms with van der Waals surface area (Å²) in [6, 6.07) is 12.9. The number of hydrogen-bond donors (Lipinski definition) is 1. The molecule has 0 aliphatic carbocycles. The Morgan fingerprint density at radius 3 is 2.44 bits per heavy atom. The maximum atomic E-state index is 13.3. The maximum absolute atomic E-state index is 13.3. The highest BCUT2D eigenvalue weighted by molar-refractivity contribution is 6.05. The van der Waals surface area contributed by atoms with Crippen LogP contribution in [0.1, 0.15) is 52.7 Å². The fraction of sp³-hybridized carbons (Fsp3) is 0.423. The number of piperidine rings is 2. The molecule has 2 saturated heterocycles. The van der Waals surface area contributed by atoms with Crippen molar-refractivity contribution in [2.24, 2.45) is 0 Å². The quantitative estimate of drug-likeness (QED) is 0.664. The van der Waals surface area contributed by atoms with Crippen LogP contribution in [0, 0.1) is 0 Å². The van der Waals surface area contributed by atoms with Crippen LogP contribution in [0.5, 0.6) is 5.75 Å². The lowest BCUT2D eigenvalue weighted by atomic mass is 10.0. The van der Waals surface area contributed by atoms with Crippen LogP contribution in [0.2, 0.25) is 0 Å². The topological polar surface area (TPSA) is 79.0 Å². The van der Waals surface area contributed by atoms with Gasteiger partial charge in [0.25, 0.3) is 5.91 Å². The van der Waals surface area contributed by atoms with Gasteiger partial charge in [-0.3, -0.25) is 24.6 Å². The molecule has 3 aliphatic heterocycles. The Kier molecular flexibility index (Phi) is 6.32. The Balaban J connectivity index is 1.21. The summed E-state index contributed by atoms with van der Waals surface area (Å²) in [6.07, 6.45) is 1.11. The van der Waals surface area contributed by atoms with Crippen LogP contribution in [0.15, 0.2) is 42.5 Å². The Morgan fingerprint density at radius 2 is 1.71 bits per heavy atom. The van der Waals surface area contributed by atoms with Crippen LogP contribution in [-0.2, 0) is 29.3 Å². The first-order chi connectivity index (χ1) is 16.5. The highest BCUT2D eigenvalue weighted by Crippen LogP contribution is 2.34. The van der Waals surface area contributed by atoms with Crippen molar-refractivity contribution in [3.63, 3.8) is 0 Å². The molecule has 34 heavy (non-hydrogen) atoms. The third-order valence-electron chi connectivity index (χ3n) is 6.88. The van der Waals surface area contributed by atoms with Gasteiger partial charge in [0, 0.05) is 37.2 Å². The molecule has 1 N–H and O–H groups in total. The number of hydrogen-bond acceptors (Lipinski definition) is 5. The van der Waals surface area contributed by atoms with E-state index in [0.717, 1.165) is 30.8 Å². The molecular formula is C26H28FN3O4. The zero-order chi connectivity index (χ0) is 23.7. The fourth-order valence-electron chi connectivity index (χ4n) is 4.91. The van der Waals surface area contributed by atoms with E-state index in [2.05, 4.69) is 22.3 Å². The van der Waals surface area contributed by atoms with Crippen LogP contribution in [0.25, 0.3) is 0 Å². The molecule has 1 unspecified atom stereocenters. The van der Waals surface area contributed by atoms with Crippen molar-refractivity contribution in [1.29, 1.82) is 0 Å². The third-order valence-corrected chi connectivity index (χ3v) is 6.88. The number of amides is 3. The molecule has 3 aliphatic rings. The van der Waals surface area contributed by atoms with Gasteiger partial charge in [-0.25, -0.2) is 4.39 Å². The molecule has 2 aromatic carbocycles. The Labute approximate surface area is 197 Å². The second-order valence-electron chi connectivity index (χ2n) is 9.24. The van der Waals surface area contributed by atoms with Crippen molar-refractivity contribution in [3.05, 3.63) is 64.7 Å². The monoisotopic (exact) mass is 465 g/mol. The molecule has 5 rings (SSSR count). The minimum absolute atomic E-state index is 0.212. The summed E-state index contributed by atoms with van der Waals surface area (Å²) in [5.74, 6) is -0.311. The SMILES string of the molecule is O=C1CCC(N2Cc3c(OCc4ccc(CN5CCC(F)CC5)cc4)cccc3C2=O)C(=O)N1. The summed E-state index contributed by atoms with van der Waals surface area (Å²) in [5, 5.41) is 2.32. The fourth-order valence-corrected chi connectivity index (χ4v) is 4.91. The van der Waals surface area contributed by atoms with E-state index in [0.29, 0.717) is 37.2 Å². The van der Waals surface area contributed by atoms with Gasteiger partial charge in [-0.1, -0.05) is 30.3 Å². The lowest BCUT2D eigenvalue weighted by Crippen LogP contribution is -2.52. The molecule has 0 spiro atoms. The van der Waals surface area contributed by atoms with Gasteiger partial charge in [0.05, 0.1) is 6.54 Å². The molecule has 0 radical (unpaired) electrons. The average Bonchev–Trinajstić information content (AvgIpc) is 3.17. The van der Waals surface area contributed by atoms with E-state index in [1.807, 2.05) is 18.2 Å². The summed E-state index contributed by atoms with van der Waals surface area (Å²) < 4.78 is 19.4. The first-order valence-corrected chi connectivity index (χ1v) is 11.8. The molecule has 178 valence electrons. The molecule has 8 heteroatoms. The molecule has 0 saturated carbocycles. The number of alkyl halides is 1. The molecule has 7 nitrogen and oxygen atoms in total. The van der Waals surface area contributed by atoms with E-state index >= 15 is 0 Å². The number of carbonyl (C=O) groups excluding carboxylic acids is 3. The number of imide groups is 1. The van der Waals surface area contributed by atoms with E-state index in [9.17, 15) is 18.8 Å². The van der Waals surface area contributed by atoms with Gasteiger partial charge in [0.15, 0.2) is 0 Å². The zero-order valence-electron chi connectivity index (χ0n) is 19.0. The molecule has 2 aromatic rings. The second kappa shape index (κ2) is 9.54. The van der Waals surface area contributed by atoms with Crippen LogP contribution < -0.4 is 10.1 Å². The summed E-state index contributed by atoms with van der Waals surface area (Å²) in [5.41, 5.74) is 3.50. The summed E-state index contributed by atoms with van der Waals surface area (Å²) >= 11 is 0. The maximum Gasteiger partial charge on any atom is 0.255 e. The van der Waals surface area contributed by atoms with Crippen LogP contribution >= 0.6 is 0 Å². The molecule has 0 aromatic heterocycles. The normalized spacial score (nSPS) is 21.5. The van der Waals surface area contributed by atoms with E-state index < -0.39 is 18.1 Å². The predicted octanol–water partition coefficient (Wildman–Crippen LogP) is 2.96. The van der Waals surface area contributed by atoms with Crippen molar-refractivity contribution in [2.75, 3.05) is 13.1 Å². The second-order valence-corrected chi connectivity index (χ2v) is 9.24. The number of halogens is 1. The first-order valence-electron chi connectivity index (χ1n) is 11.8. The Bertz CT molecular complexity index is 1100. The Hall–Kier alpha value is -3.26. The molecule has 3 amide bonds. The number of likely N-dealkylation sites (tertiary alicyclic amines) is 1. The molecule has 0 bridgehead atoms. The highest BCUT2D eigenvalue weighted by atomic mass is 19.1. The highest BCUT2D eigenvalue weighted by Gasteiger charge is 2.40. The number of nitrogens with zero attached hydrogens (tertiary/aromatic N) is 2. The number of rotatable bonds is 6. The largest absolute Gasteiger partial charge is 0.489 e. The molecular weight excluding hydrogens is 437 g/mol. The van der Waals surface area contributed by atoms with Crippen molar-refractivity contribution in [1.82, 2.24) is 15.1 Å². The summed E-state index contributed by atoms with van der Waals surface area (Å²) in [7, 11) is 0. The van der Waals surface area contributed by atoms with Gasteiger partial charge < -0.3 is 9.64 Å². The van der Waals surface area contributed by atoms with Gasteiger partial charge in [-0.15, -0.1) is 0 Å². The molecule has 2 fully saturated rings. The summed E-state index contributed by atoms with van der Waals surface area (Å²) in [6.45, 7) is 3.04. The van der Waals surface area contributed by atoms with E-state index in [-0.39, 0.29) is 24.8 Å². The van der Waals surface area contributed by atoms with Crippen LogP contribution in [-0.4, -0.2) is 52.8 Å². The molecule has 1 atom stereocenters. The Morgan fingerprint density at radius 1 is 0.971 bits per heavy atom. The van der Waals surface area contributed by atoms with Crippen LogP contribution in [0.4, 0.5) is 4.39 Å². The van der Waals surface area contributed by atoms with Gasteiger partial charge in [-0.2, -0.15) is 0 Å². The van der Waals surface area contributed by atoms with Gasteiger partial charge >= 0.3 is 0 Å². The van der Waals surface area contributed by atoms with E-state index in [4.69, 9.17) is 4.74 Å². The predicted molar refractivity (Wildman–Crippen MR) is 123 cm³/mol. The summed E-state index contributed by atoms with van der Waals surface area (Å²) in [4.78, 5) is 40.5. The van der Waals surface area contributed by atoms with Crippen molar-refractivity contribution in [2.45, 2.75) is 57.6 Å². The standard InChI is InChI=1S/C26H28FN3O4/c27-19-10-12-29(13-11-19)14-17-4-6-18(7-5-17)16-34-23-3-1-2-20-21(23)15-30(26(20)33)22-8-9-24(31)28-25(22)32/h1-7,19,22H,8-16H2,(H,28,31,32). The zero-order valence-corrected chi connectivity index (χ0v) is 19.0. The van der Waals surface area contributed by atoms with Crippen molar-refractivity contribution >= 4 is 17.7 Å².